The quantitative estimate of drug-likeness (QED) is 0.793. The molecule has 1 N–H and O–H groups in total. The van der Waals surface area contributed by atoms with Gasteiger partial charge in [0.25, 0.3) is 0 Å². The van der Waals surface area contributed by atoms with Gasteiger partial charge in [-0.25, -0.2) is 0 Å². The molecule has 2 rings (SSSR count). The number of hydrogen-bond donors (Lipinski definition) is 1. The van der Waals surface area contributed by atoms with Crippen LogP contribution in [0.5, 0.6) is 0 Å². The SMILES string of the molecule is Cc1cc(C)n(C2CCCC(C)(C)C2O)n1. The van der Waals surface area contributed by atoms with Crippen LogP contribution in [0.1, 0.15) is 50.5 Å². The molecule has 1 heterocycles. The molecule has 0 aromatic carbocycles. The Labute approximate surface area is 97.5 Å². The largest absolute Gasteiger partial charge is 0.390 e. The van der Waals surface area contributed by atoms with Crippen molar-refractivity contribution in [3.63, 3.8) is 0 Å². The number of hydrogen-bond acceptors (Lipinski definition) is 2. The lowest BCUT2D eigenvalue weighted by Crippen LogP contribution is -2.41. The molecule has 3 nitrogen and oxygen atoms in total. The van der Waals surface area contributed by atoms with Gasteiger partial charge in [-0.2, -0.15) is 5.10 Å². The first-order valence-electron chi connectivity index (χ1n) is 6.12. The third-order valence-corrected chi connectivity index (χ3v) is 3.84. The van der Waals surface area contributed by atoms with Gasteiger partial charge in [-0.15, -0.1) is 0 Å². The Morgan fingerprint density at radius 2 is 2.12 bits per heavy atom. The van der Waals surface area contributed by atoms with Crippen molar-refractivity contribution < 1.29 is 5.11 Å². The Bertz CT molecular complexity index is 381. The van der Waals surface area contributed by atoms with Crippen molar-refractivity contribution in [1.29, 1.82) is 0 Å². The zero-order valence-electron chi connectivity index (χ0n) is 10.7. The minimum Gasteiger partial charge on any atom is -0.390 e. The number of aliphatic hydroxyl groups is 1. The summed E-state index contributed by atoms with van der Waals surface area (Å²) in [4.78, 5) is 0. The molecule has 16 heavy (non-hydrogen) atoms. The van der Waals surface area contributed by atoms with Crippen molar-refractivity contribution >= 4 is 0 Å². The van der Waals surface area contributed by atoms with Crippen molar-refractivity contribution in [3.8, 4) is 0 Å². The third kappa shape index (κ3) is 1.88. The van der Waals surface area contributed by atoms with Crippen LogP contribution in [0, 0.1) is 19.3 Å². The molecular formula is C13H22N2O. The predicted molar refractivity (Wildman–Crippen MR) is 64.4 cm³/mol. The molecule has 1 aliphatic rings. The van der Waals surface area contributed by atoms with Crippen LogP contribution < -0.4 is 0 Å². The van der Waals surface area contributed by atoms with Gasteiger partial charge in [0, 0.05) is 5.69 Å². The van der Waals surface area contributed by atoms with Crippen molar-refractivity contribution in [1.82, 2.24) is 9.78 Å². The van der Waals surface area contributed by atoms with Gasteiger partial charge in [-0.1, -0.05) is 20.3 Å². The molecule has 3 heteroatoms. The zero-order chi connectivity index (χ0) is 11.9. The first-order valence-corrected chi connectivity index (χ1v) is 6.12. The Hall–Kier alpha value is -0.830. The molecule has 0 amide bonds. The third-order valence-electron chi connectivity index (χ3n) is 3.84. The number of rotatable bonds is 1. The molecule has 1 aromatic heterocycles. The molecule has 1 saturated carbocycles. The van der Waals surface area contributed by atoms with Crippen molar-refractivity contribution in [2.45, 2.75) is 59.1 Å². The van der Waals surface area contributed by atoms with E-state index in [0.29, 0.717) is 0 Å². The van der Waals surface area contributed by atoms with E-state index in [1.54, 1.807) is 0 Å². The summed E-state index contributed by atoms with van der Waals surface area (Å²) in [6.45, 7) is 8.36. The highest BCUT2D eigenvalue weighted by molar-refractivity contribution is 5.09. The lowest BCUT2D eigenvalue weighted by atomic mass is 9.72. The van der Waals surface area contributed by atoms with Gasteiger partial charge in [-0.05, 0) is 38.2 Å². The lowest BCUT2D eigenvalue weighted by molar-refractivity contribution is -0.0306. The Morgan fingerprint density at radius 3 is 2.69 bits per heavy atom. The summed E-state index contributed by atoms with van der Waals surface area (Å²) in [6, 6.07) is 2.23. The molecule has 0 radical (unpaired) electrons. The second-order valence-corrected chi connectivity index (χ2v) is 5.76. The van der Waals surface area contributed by atoms with Crippen LogP contribution in [0.25, 0.3) is 0 Å². The van der Waals surface area contributed by atoms with E-state index < -0.39 is 0 Å². The average Bonchev–Trinajstić information content (AvgIpc) is 2.50. The average molecular weight is 222 g/mol. The van der Waals surface area contributed by atoms with Gasteiger partial charge in [-0.3, -0.25) is 4.68 Å². The fraction of sp³-hybridized carbons (Fsp3) is 0.769. The Kier molecular flexibility index (Phi) is 2.82. The van der Waals surface area contributed by atoms with Gasteiger partial charge < -0.3 is 5.11 Å². The molecule has 2 atom stereocenters. The van der Waals surface area contributed by atoms with Crippen molar-refractivity contribution in [3.05, 3.63) is 17.5 Å². The van der Waals surface area contributed by atoms with Crippen LogP contribution in [-0.2, 0) is 0 Å². The second-order valence-electron chi connectivity index (χ2n) is 5.76. The minimum absolute atomic E-state index is 0.00914. The molecule has 1 aromatic rings. The molecule has 0 aliphatic heterocycles. The first-order chi connectivity index (χ1) is 7.42. The van der Waals surface area contributed by atoms with Crippen LogP contribution in [0.15, 0.2) is 6.07 Å². The number of aliphatic hydroxyl groups excluding tert-OH is 1. The topological polar surface area (TPSA) is 38.0 Å². The van der Waals surface area contributed by atoms with Gasteiger partial charge in [0.2, 0.25) is 0 Å². The number of aromatic nitrogens is 2. The van der Waals surface area contributed by atoms with E-state index in [1.165, 1.54) is 6.42 Å². The van der Waals surface area contributed by atoms with Crippen LogP contribution in [0.2, 0.25) is 0 Å². The van der Waals surface area contributed by atoms with Gasteiger partial charge in [0.05, 0.1) is 17.8 Å². The summed E-state index contributed by atoms with van der Waals surface area (Å²) < 4.78 is 2.01. The Balaban J connectivity index is 2.30. The molecule has 1 fully saturated rings. The number of nitrogens with zero attached hydrogens (tertiary/aromatic N) is 2. The van der Waals surface area contributed by atoms with Crippen LogP contribution in [0.3, 0.4) is 0 Å². The van der Waals surface area contributed by atoms with Crippen LogP contribution in [0.4, 0.5) is 0 Å². The van der Waals surface area contributed by atoms with Crippen LogP contribution in [-0.4, -0.2) is 21.0 Å². The Morgan fingerprint density at radius 1 is 1.44 bits per heavy atom. The molecule has 0 bridgehead atoms. The van der Waals surface area contributed by atoms with E-state index in [-0.39, 0.29) is 17.6 Å². The highest BCUT2D eigenvalue weighted by Crippen LogP contribution is 2.41. The molecule has 1 aliphatic carbocycles. The lowest BCUT2D eigenvalue weighted by Gasteiger charge is -2.41. The van der Waals surface area contributed by atoms with E-state index in [9.17, 15) is 5.11 Å². The highest BCUT2D eigenvalue weighted by Gasteiger charge is 2.39. The summed E-state index contributed by atoms with van der Waals surface area (Å²) in [5.41, 5.74) is 2.20. The van der Waals surface area contributed by atoms with Crippen molar-refractivity contribution in [2.75, 3.05) is 0 Å². The zero-order valence-corrected chi connectivity index (χ0v) is 10.7. The van der Waals surface area contributed by atoms with Gasteiger partial charge in [0.1, 0.15) is 0 Å². The first kappa shape index (κ1) is 11.6. The highest BCUT2D eigenvalue weighted by atomic mass is 16.3. The minimum atomic E-state index is -0.292. The van der Waals surface area contributed by atoms with Crippen molar-refractivity contribution in [2.24, 2.45) is 5.41 Å². The van der Waals surface area contributed by atoms with E-state index in [0.717, 1.165) is 24.2 Å². The monoisotopic (exact) mass is 222 g/mol. The van der Waals surface area contributed by atoms with E-state index in [1.807, 2.05) is 11.6 Å². The fourth-order valence-electron chi connectivity index (χ4n) is 2.83. The maximum absolute atomic E-state index is 10.4. The van der Waals surface area contributed by atoms with E-state index >= 15 is 0 Å². The summed E-state index contributed by atoms with van der Waals surface area (Å²) in [6.07, 6.45) is 3.02. The molecule has 90 valence electrons. The normalized spacial score (nSPS) is 29.3. The molecule has 0 spiro atoms. The fourth-order valence-corrected chi connectivity index (χ4v) is 2.83. The molecule has 0 saturated heterocycles. The van der Waals surface area contributed by atoms with Gasteiger partial charge >= 0.3 is 0 Å². The number of aryl methyl sites for hydroxylation is 2. The summed E-state index contributed by atoms with van der Waals surface area (Å²) >= 11 is 0. The standard InChI is InChI=1S/C13H22N2O/c1-9-8-10(2)15(14-9)11-6-5-7-13(3,4)12(11)16/h8,11-12,16H,5-7H2,1-4H3. The smallest absolute Gasteiger partial charge is 0.0815 e. The summed E-state index contributed by atoms with van der Waals surface area (Å²) in [5, 5.41) is 14.9. The van der Waals surface area contributed by atoms with Gasteiger partial charge in [0.15, 0.2) is 0 Å². The maximum Gasteiger partial charge on any atom is 0.0815 e. The molecular weight excluding hydrogens is 200 g/mol. The second kappa shape index (κ2) is 3.88. The van der Waals surface area contributed by atoms with E-state index in [4.69, 9.17) is 0 Å². The summed E-state index contributed by atoms with van der Waals surface area (Å²) in [5.74, 6) is 0. The van der Waals surface area contributed by atoms with Crippen LogP contribution >= 0.6 is 0 Å². The van der Waals surface area contributed by atoms with E-state index in [2.05, 4.69) is 31.9 Å². The predicted octanol–water partition coefficient (Wildman–Crippen LogP) is 2.61. The molecule has 2 unspecified atom stereocenters. The maximum atomic E-state index is 10.4. The summed E-state index contributed by atoms with van der Waals surface area (Å²) in [7, 11) is 0.